The average molecular weight is 651 g/mol. The molecule has 240 valence electrons. The Morgan fingerprint density at radius 2 is 1.64 bits per heavy atom. The minimum atomic E-state index is -0.346. The number of aryl methyl sites for hydroxylation is 1. The second kappa shape index (κ2) is 14.8. The Bertz CT molecular complexity index is 1820. The first kappa shape index (κ1) is 31.6. The molecule has 0 radical (unpaired) electrons. The number of rotatable bonds is 13. The van der Waals surface area contributed by atoms with Crippen molar-refractivity contribution in [3.05, 3.63) is 126 Å². The second-order valence-electron chi connectivity index (χ2n) is 10.7. The first-order valence-corrected chi connectivity index (χ1v) is 16.1. The lowest BCUT2D eigenvalue weighted by molar-refractivity contribution is -0.130. The van der Waals surface area contributed by atoms with E-state index in [-0.39, 0.29) is 35.9 Å². The maximum absolute atomic E-state index is 13.9. The van der Waals surface area contributed by atoms with Gasteiger partial charge in [0.15, 0.2) is 16.7 Å². The fourth-order valence-corrected chi connectivity index (χ4v) is 6.13. The van der Waals surface area contributed by atoms with Crippen LogP contribution in [0.2, 0.25) is 0 Å². The molecule has 0 bridgehead atoms. The standard InChI is InChI=1S/C35H34N6O5S/c1-44-27-14-10-25(11-15-27)29-21-30(26-12-16-28(45-2)17-13-26)41(39-29)33(42)23-47-35-38-37-32(22-36-34(43)31-9-6-20-46-31)40(35)19-18-24-7-4-3-5-8-24/h3-17,20,30H,18-19,21-23H2,1-2H3,(H,36,43)/t30-/m0/s1. The largest absolute Gasteiger partial charge is 0.497 e. The van der Waals surface area contributed by atoms with Crippen LogP contribution in [0.25, 0.3) is 0 Å². The van der Waals surface area contributed by atoms with Gasteiger partial charge >= 0.3 is 0 Å². The van der Waals surface area contributed by atoms with Crippen molar-refractivity contribution < 1.29 is 23.5 Å². The van der Waals surface area contributed by atoms with Crippen LogP contribution in [0, 0.1) is 0 Å². The van der Waals surface area contributed by atoms with Crippen LogP contribution in [0.4, 0.5) is 0 Å². The number of benzene rings is 3. The molecular formula is C35H34N6O5S. The summed E-state index contributed by atoms with van der Waals surface area (Å²) in [5.74, 6) is 1.86. The van der Waals surface area contributed by atoms with Gasteiger partial charge in [0, 0.05) is 13.0 Å². The Balaban J connectivity index is 1.21. The Labute approximate surface area is 276 Å². The molecule has 11 nitrogen and oxygen atoms in total. The van der Waals surface area contributed by atoms with E-state index in [9.17, 15) is 9.59 Å². The zero-order valence-electron chi connectivity index (χ0n) is 26.0. The van der Waals surface area contributed by atoms with Crippen LogP contribution in [0.1, 0.15) is 45.5 Å². The Hall–Kier alpha value is -5.36. The van der Waals surface area contributed by atoms with E-state index >= 15 is 0 Å². The number of furan rings is 1. The van der Waals surface area contributed by atoms with E-state index in [1.165, 1.54) is 18.0 Å². The van der Waals surface area contributed by atoms with Gasteiger partial charge in [0.2, 0.25) is 0 Å². The molecule has 3 heterocycles. The molecule has 0 saturated heterocycles. The van der Waals surface area contributed by atoms with Crippen LogP contribution in [0.15, 0.2) is 112 Å². The molecule has 1 aliphatic heterocycles. The maximum atomic E-state index is 13.9. The van der Waals surface area contributed by atoms with Crippen molar-refractivity contribution in [3.63, 3.8) is 0 Å². The predicted octanol–water partition coefficient (Wildman–Crippen LogP) is 5.53. The molecule has 0 spiro atoms. The average Bonchev–Trinajstić information content (AvgIpc) is 3.90. The molecule has 0 saturated carbocycles. The van der Waals surface area contributed by atoms with Crippen LogP contribution in [-0.4, -0.2) is 57.3 Å². The minimum absolute atomic E-state index is 0.0915. The highest BCUT2D eigenvalue weighted by Crippen LogP contribution is 2.35. The van der Waals surface area contributed by atoms with Gasteiger partial charge < -0.3 is 23.8 Å². The summed E-state index contributed by atoms with van der Waals surface area (Å²) in [5.41, 5.74) is 3.84. The molecule has 1 N–H and O–H groups in total. The van der Waals surface area contributed by atoms with E-state index in [4.69, 9.17) is 19.0 Å². The van der Waals surface area contributed by atoms with E-state index in [0.29, 0.717) is 23.9 Å². The van der Waals surface area contributed by atoms with Crippen molar-refractivity contribution in [1.29, 1.82) is 0 Å². The molecule has 5 aromatic rings. The van der Waals surface area contributed by atoms with Crippen molar-refractivity contribution in [3.8, 4) is 11.5 Å². The van der Waals surface area contributed by atoms with E-state index in [2.05, 4.69) is 27.6 Å². The number of thioether (sulfide) groups is 1. The minimum Gasteiger partial charge on any atom is -0.497 e. The molecule has 2 aromatic heterocycles. The molecule has 1 atom stereocenters. The lowest BCUT2D eigenvalue weighted by Crippen LogP contribution is -2.28. The summed E-state index contributed by atoms with van der Waals surface area (Å²) >= 11 is 1.30. The van der Waals surface area contributed by atoms with Gasteiger partial charge in [-0.15, -0.1) is 10.2 Å². The van der Waals surface area contributed by atoms with E-state index < -0.39 is 0 Å². The summed E-state index contributed by atoms with van der Waals surface area (Å²) in [6.45, 7) is 0.717. The smallest absolute Gasteiger partial charge is 0.287 e. The van der Waals surface area contributed by atoms with Crippen LogP contribution in [0.5, 0.6) is 11.5 Å². The molecule has 1 aliphatic rings. The number of hydrazone groups is 1. The number of methoxy groups -OCH3 is 2. The third kappa shape index (κ3) is 7.55. The summed E-state index contributed by atoms with van der Waals surface area (Å²) in [5, 5.41) is 18.6. The fraction of sp³-hybridized carbons (Fsp3) is 0.229. The Morgan fingerprint density at radius 1 is 0.915 bits per heavy atom. The van der Waals surface area contributed by atoms with Gasteiger partial charge in [0.1, 0.15) is 11.5 Å². The van der Waals surface area contributed by atoms with Crippen molar-refractivity contribution >= 4 is 29.3 Å². The Morgan fingerprint density at radius 3 is 2.32 bits per heavy atom. The SMILES string of the molecule is COc1ccc(C2=NN(C(=O)CSc3nnc(CNC(=O)c4ccco4)n3CCc3ccccc3)[C@H](c3ccc(OC)cc3)C2)cc1. The lowest BCUT2D eigenvalue weighted by atomic mass is 9.98. The normalized spacial score (nSPS) is 14.1. The number of nitrogens with one attached hydrogen (secondary N) is 1. The van der Waals surface area contributed by atoms with Crippen LogP contribution in [-0.2, 0) is 24.3 Å². The van der Waals surface area contributed by atoms with Gasteiger partial charge in [-0.3, -0.25) is 9.59 Å². The summed E-state index contributed by atoms with van der Waals surface area (Å²) in [6.07, 6.45) is 2.73. The van der Waals surface area contributed by atoms with Gasteiger partial charge in [-0.25, -0.2) is 5.01 Å². The molecule has 2 amide bonds. The number of nitrogens with zero attached hydrogens (tertiary/aromatic N) is 5. The van der Waals surface area contributed by atoms with Gasteiger partial charge in [-0.2, -0.15) is 5.10 Å². The number of carbonyl (C=O) groups excluding carboxylic acids is 2. The van der Waals surface area contributed by atoms with E-state index in [1.807, 2.05) is 71.3 Å². The third-order valence-corrected chi connectivity index (χ3v) is 8.78. The van der Waals surface area contributed by atoms with Gasteiger partial charge in [0.25, 0.3) is 11.8 Å². The molecule has 3 aromatic carbocycles. The lowest BCUT2D eigenvalue weighted by Gasteiger charge is -2.22. The highest BCUT2D eigenvalue weighted by Gasteiger charge is 2.33. The number of aromatic nitrogens is 3. The number of hydrogen-bond donors (Lipinski definition) is 1. The monoisotopic (exact) mass is 650 g/mol. The number of carbonyl (C=O) groups is 2. The highest BCUT2D eigenvalue weighted by molar-refractivity contribution is 7.99. The van der Waals surface area contributed by atoms with Gasteiger partial charge in [-0.05, 0) is 71.6 Å². The molecule has 6 rings (SSSR count). The van der Waals surface area contributed by atoms with Gasteiger partial charge in [-0.1, -0.05) is 54.2 Å². The third-order valence-electron chi connectivity index (χ3n) is 7.83. The van der Waals surface area contributed by atoms with Crippen molar-refractivity contribution in [2.45, 2.75) is 37.1 Å². The molecule has 0 fully saturated rings. The van der Waals surface area contributed by atoms with Crippen molar-refractivity contribution in [2.24, 2.45) is 5.10 Å². The highest BCUT2D eigenvalue weighted by atomic mass is 32.2. The quantitative estimate of drug-likeness (QED) is 0.165. The van der Waals surface area contributed by atoms with Crippen molar-refractivity contribution in [1.82, 2.24) is 25.1 Å². The predicted molar refractivity (Wildman–Crippen MR) is 177 cm³/mol. The van der Waals surface area contributed by atoms with Gasteiger partial charge in [0.05, 0.1) is 44.5 Å². The fourth-order valence-electron chi connectivity index (χ4n) is 5.30. The zero-order valence-corrected chi connectivity index (χ0v) is 26.9. The van der Waals surface area contributed by atoms with E-state index in [1.54, 1.807) is 31.4 Å². The molecule has 0 unspecified atom stereocenters. The molecule has 47 heavy (non-hydrogen) atoms. The summed E-state index contributed by atoms with van der Waals surface area (Å²) in [7, 11) is 3.25. The summed E-state index contributed by atoms with van der Waals surface area (Å²) in [6, 6.07) is 28.4. The first-order valence-electron chi connectivity index (χ1n) is 15.1. The molecule has 0 aliphatic carbocycles. The van der Waals surface area contributed by atoms with Crippen LogP contribution >= 0.6 is 11.8 Å². The number of ether oxygens (including phenoxy) is 2. The summed E-state index contributed by atoms with van der Waals surface area (Å²) < 4.78 is 17.8. The van der Waals surface area contributed by atoms with E-state index in [0.717, 1.165) is 40.3 Å². The van der Waals surface area contributed by atoms with Crippen LogP contribution < -0.4 is 14.8 Å². The topological polar surface area (TPSA) is 124 Å². The molecular weight excluding hydrogens is 616 g/mol. The van der Waals surface area contributed by atoms with Crippen molar-refractivity contribution in [2.75, 3.05) is 20.0 Å². The second-order valence-corrected chi connectivity index (χ2v) is 11.7. The number of amides is 2. The molecule has 12 heteroatoms. The maximum Gasteiger partial charge on any atom is 0.287 e. The first-order chi connectivity index (χ1) is 23.0. The zero-order chi connectivity index (χ0) is 32.6. The summed E-state index contributed by atoms with van der Waals surface area (Å²) in [4.78, 5) is 26.4. The number of hydrogen-bond acceptors (Lipinski definition) is 9. The van der Waals surface area contributed by atoms with Crippen LogP contribution in [0.3, 0.4) is 0 Å². The Kier molecular flexibility index (Phi) is 9.97.